The molecular weight excluding hydrogens is 304 g/mol. The average molecular weight is 331 g/mol. The smallest absolute Gasteiger partial charge is 0.187 e. The molecule has 1 aromatic rings. The fourth-order valence-electron chi connectivity index (χ4n) is 3.48. The normalized spacial score (nSPS) is 19.6. The second kappa shape index (κ2) is 8.41. The highest BCUT2D eigenvalue weighted by atomic mass is 32.1. The highest BCUT2D eigenvalue weighted by Crippen LogP contribution is 2.25. The molecule has 1 heterocycles. The average Bonchev–Trinajstić information content (AvgIpc) is 3.14. The van der Waals surface area contributed by atoms with E-state index in [1.807, 2.05) is 18.2 Å². The summed E-state index contributed by atoms with van der Waals surface area (Å²) >= 11 is 5.29. The number of nitrogens with one attached hydrogen (secondary N) is 2. The zero-order chi connectivity index (χ0) is 15.9. The standard InChI is InChI=1S/C18H26N4S/c23-18(19-14-15-6-2-1-3-7-15)21-20-16-10-12-22(13-11-16)17-8-4-5-9-17/h1-3,6-7,17H,4-5,8-14H2,(H2,19,21,23). The summed E-state index contributed by atoms with van der Waals surface area (Å²) in [6, 6.07) is 11.1. The third kappa shape index (κ3) is 5.01. The van der Waals surface area contributed by atoms with Crippen LogP contribution in [0.1, 0.15) is 44.1 Å². The molecule has 0 spiro atoms. The van der Waals surface area contributed by atoms with Crippen molar-refractivity contribution in [2.45, 2.75) is 51.1 Å². The fraction of sp³-hybridized carbons (Fsp3) is 0.556. The molecule has 23 heavy (non-hydrogen) atoms. The third-order valence-corrected chi connectivity index (χ3v) is 5.06. The summed E-state index contributed by atoms with van der Waals surface area (Å²) < 4.78 is 0. The van der Waals surface area contributed by atoms with Gasteiger partial charge in [0.1, 0.15) is 0 Å². The molecule has 0 radical (unpaired) electrons. The summed E-state index contributed by atoms with van der Waals surface area (Å²) in [4.78, 5) is 2.65. The maximum atomic E-state index is 5.29. The molecule has 0 unspecified atom stereocenters. The minimum Gasteiger partial charge on any atom is -0.357 e. The van der Waals surface area contributed by atoms with Crippen LogP contribution in [0.25, 0.3) is 0 Å². The topological polar surface area (TPSA) is 39.7 Å². The van der Waals surface area contributed by atoms with E-state index in [1.54, 1.807) is 0 Å². The number of nitrogens with zero attached hydrogens (tertiary/aromatic N) is 2. The largest absolute Gasteiger partial charge is 0.357 e. The molecule has 0 atom stereocenters. The SMILES string of the molecule is S=C(NCc1ccccc1)NN=C1CCN(C2CCCC2)CC1. The van der Waals surface area contributed by atoms with Crippen molar-refractivity contribution in [3.05, 3.63) is 35.9 Å². The van der Waals surface area contributed by atoms with Crippen molar-refractivity contribution in [3.63, 3.8) is 0 Å². The zero-order valence-electron chi connectivity index (χ0n) is 13.6. The van der Waals surface area contributed by atoms with Gasteiger partial charge in [0.15, 0.2) is 5.11 Å². The molecule has 1 saturated heterocycles. The van der Waals surface area contributed by atoms with Crippen LogP contribution >= 0.6 is 12.2 Å². The lowest BCUT2D eigenvalue weighted by atomic mass is 10.1. The van der Waals surface area contributed by atoms with E-state index in [2.05, 4.69) is 32.9 Å². The van der Waals surface area contributed by atoms with Gasteiger partial charge in [0.05, 0.1) is 0 Å². The second-order valence-corrected chi connectivity index (χ2v) is 6.84. The number of benzene rings is 1. The van der Waals surface area contributed by atoms with Gasteiger partial charge in [-0.15, -0.1) is 0 Å². The van der Waals surface area contributed by atoms with Crippen LogP contribution in [-0.4, -0.2) is 34.9 Å². The highest BCUT2D eigenvalue weighted by molar-refractivity contribution is 7.80. The van der Waals surface area contributed by atoms with E-state index in [1.165, 1.54) is 37.0 Å². The molecule has 4 nitrogen and oxygen atoms in total. The molecule has 1 aliphatic heterocycles. The molecule has 0 aromatic heterocycles. The van der Waals surface area contributed by atoms with Crippen molar-refractivity contribution in [2.75, 3.05) is 13.1 Å². The molecule has 2 N–H and O–H groups in total. The summed E-state index contributed by atoms with van der Waals surface area (Å²) in [5.74, 6) is 0. The monoisotopic (exact) mass is 330 g/mol. The first-order chi connectivity index (χ1) is 11.3. The van der Waals surface area contributed by atoms with E-state index in [4.69, 9.17) is 12.2 Å². The molecule has 0 bridgehead atoms. The molecule has 3 rings (SSSR count). The Kier molecular flexibility index (Phi) is 6.00. The Morgan fingerprint density at radius 3 is 2.52 bits per heavy atom. The lowest BCUT2D eigenvalue weighted by molar-refractivity contribution is 0.198. The van der Waals surface area contributed by atoms with Gasteiger partial charge in [-0.2, -0.15) is 5.10 Å². The number of thiocarbonyl (C=S) groups is 1. The molecule has 0 amide bonds. The molecule has 2 aliphatic rings. The lowest BCUT2D eigenvalue weighted by Gasteiger charge is -2.32. The van der Waals surface area contributed by atoms with Gasteiger partial charge in [0.25, 0.3) is 0 Å². The summed E-state index contributed by atoms with van der Waals surface area (Å²) in [5.41, 5.74) is 5.45. The molecule has 1 saturated carbocycles. The first-order valence-electron chi connectivity index (χ1n) is 8.68. The van der Waals surface area contributed by atoms with E-state index in [9.17, 15) is 0 Å². The Morgan fingerprint density at radius 1 is 1.13 bits per heavy atom. The van der Waals surface area contributed by atoms with Crippen LogP contribution < -0.4 is 10.7 Å². The van der Waals surface area contributed by atoms with Gasteiger partial charge in [-0.25, -0.2) is 0 Å². The molecule has 1 aromatic carbocycles. The Hall–Kier alpha value is -1.46. The first-order valence-corrected chi connectivity index (χ1v) is 9.09. The Morgan fingerprint density at radius 2 is 1.83 bits per heavy atom. The molecule has 2 fully saturated rings. The Labute approximate surface area is 144 Å². The second-order valence-electron chi connectivity index (χ2n) is 6.43. The zero-order valence-corrected chi connectivity index (χ0v) is 14.4. The van der Waals surface area contributed by atoms with Crippen LogP contribution in [-0.2, 0) is 6.54 Å². The summed E-state index contributed by atoms with van der Waals surface area (Å²) in [7, 11) is 0. The predicted octanol–water partition coefficient (Wildman–Crippen LogP) is 3.05. The number of hydrogen-bond donors (Lipinski definition) is 2. The fourth-order valence-corrected chi connectivity index (χ4v) is 3.59. The van der Waals surface area contributed by atoms with Crippen molar-refractivity contribution in [2.24, 2.45) is 5.10 Å². The number of rotatable bonds is 4. The van der Waals surface area contributed by atoms with Gasteiger partial charge in [0, 0.05) is 44.2 Å². The Bertz CT molecular complexity index is 527. The number of hydrogen-bond acceptors (Lipinski definition) is 3. The first kappa shape index (κ1) is 16.4. The lowest BCUT2D eigenvalue weighted by Crippen LogP contribution is -2.41. The molecule has 5 heteroatoms. The van der Waals surface area contributed by atoms with Gasteiger partial charge in [0.2, 0.25) is 0 Å². The van der Waals surface area contributed by atoms with Gasteiger partial charge in [-0.3, -0.25) is 10.3 Å². The minimum atomic E-state index is 0.597. The van der Waals surface area contributed by atoms with Crippen LogP contribution in [0.4, 0.5) is 0 Å². The van der Waals surface area contributed by atoms with E-state index in [-0.39, 0.29) is 0 Å². The Balaban J connectivity index is 1.37. The number of piperidine rings is 1. The van der Waals surface area contributed by atoms with Crippen molar-refractivity contribution in [3.8, 4) is 0 Å². The molecular formula is C18H26N4S. The van der Waals surface area contributed by atoms with Crippen LogP contribution in [0.5, 0.6) is 0 Å². The van der Waals surface area contributed by atoms with Gasteiger partial charge in [-0.1, -0.05) is 43.2 Å². The van der Waals surface area contributed by atoms with Crippen LogP contribution in [0.2, 0.25) is 0 Å². The summed E-state index contributed by atoms with van der Waals surface area (Å²) in [5, 5.41) is 8.28. The maximum absolute atomic E-state index is 5.29. The van der Waals surface area contributed by atoms with E-state index < -0.39 is 0 Å². The van der Waals surface area contributed by atoms with Gasteiger partial charge < -0.3 is 5.32 Å². The number of hydrazone groups is 1. The van der Waals surface area contributed by atoms with Crippen LogP contribution in [0.15, 0.2) is 35.4 Å². The van der Waals surface area contributed by atoms with Crippen LogP contribution in [0, 0.1) is 0 Å². The number of likely N-dealkylation sites (tertiary alicyclic amines) is 1. The summed E-state index contributed by atoms with van der Waals surface area (Å²) in [6.07, 6.45) is 7.71. The minimum absolute atomic E-state index is 0.597. The third-order valence-electron chi connectivity index (χ3n) is 4.83. The van der Waals surface area contributed by atoms with Gasteiger partial charge in [-0.05, 0) is 30.6 Å². The summed E-state index contributed by atoms with van der Waals surface area (Å²) in [6.45, 7) is 3.03. The molecule has 1 aliphatic carbocycles. The van der Waals surface area contributed by atoms with Crippen LogP contribution in [0.3, 0.4) is 0 Å². The van der Waals surface area contributed by atoms with E-state index >= 15 is 0 Å². The highest BCUT2D eigenvalue weighted by Gasteiger charge is 2.25. The maximum Gasteiger partial charge on any atom is 0.187 e. The van der Waals surface area contributed by atoms with Crippen molar-refractivity contribution < 1.29 is 0 Å². The quantitative estimate of drug-likeness (QED) is 0.657. The van der Waals surface area contributed by atoms with Crippen molar-refractivity contribution >= 4 is 23.0 Å². The predicted molar refractivity (Wildman–Crippen MR) is 99.5 cm³/mol. The van der Waals surface area contributed by atoms with E-state index in [0.29, 0.717) is 5.11 Å². The van der Waals surface area contributed by atoms with Gasteiger partial charge >= 0.3 is 0 Å². The van der Waals surface area contributed by atoms with E-state index in [0.717, 1.165) is 38.5 Å². The molecule has 124 valence electrons. The van der Waals surface area contributed by atoms with Crippen molar-refractivity contribution in [1.82, 2.24) is 15.6 Å². The van der Waals surface area contributed by atoms with Crippen molar-refractivity contribution in [1.29, 1.82) is 0 Å².